The Bertz CT molecular complexity index is 1100. The van der Waals surface area contributed by atoms with E-state index in [1.165, 1.54) is 21.1 Å². The van der Waals surface area contributed by atoms with E-state index in [0.717, 1.165) is 16.7 Å². The molecular weight excluding hydrogens is 430 g/mol. The van der Waals surface area contributed by atoms with Crippen molar-refractivity contribution >= 4 is 11.9 Å². The van der Waals surface area contributed by atoms with Crippen LogP contribution in [-0.2, 0) is 20.7 Å². The first-order valence-electron chi connectivity index (χ1n) is 10.7. The van der Waals surface area contributed by atoms with Crippen LogP contribution in [0.5, 0.6) is 28.7 Å². The fourth-order valence-corrected chi connectivity index (χ4v) is 4.88. The summed E-state index contributed by atoms with van der Waals surface area (Å²) in [6.07, 6.45) is 0.706. The lowest BCUT2D eigenvalue weighted by Gasteiger charge is -2.34. The van der Waals surface area contributed by atoms with Crippen LogP contribution < -0.4 is 29.4 Å². The molecule has 3 aliphatic rings. The maximum absolute atomic E-state index is 12.8. The number of rotatable bonds is 5. The van der Waals surface area contributed by atoms with Crippen LogP contribution in [-0.4, -0.2) is 45.6 Å². The maximum Gasteiger partial charge on any atom is 0.328 e. The van der Waals surface area contributed by atoms with Gasteiger partial charge in [0.15, 0.2) is 23.0 Å². The Kier molecular flexibility index (Phi) is 5.28. The van der Waals surface area contributed by atoms with Crippen molar-refractivity contribution in [3.05, 3.63) is 41.0 Å². The number of fused-ring (bicyclic) bond motifs is 3. The summed E-state index contributed by atoms with van der Waals surface area (Å²) in [6.45, 7) is 2.07. The average Bonchev–Trinajstić information content (AvgIpc) is 3.42. The third-order valence-corrected chi connectivity index (χ3v) is 6.45. The van der Waals surface area contributed by atoms with Crippen molar-refractivity contribution in [2.24, 2.45) is 17.6 Å². The molecule has 1 saturated heterocycles. The highest BCUT2D eigenvalue weighted by Gasteiger charge is 2.48. The summed E-state index contributed by atoms with van der Waals surface area (Å²) >= 11 is 0. The summed E-state index contributed by atoms with van der Waals surface area (Å²) in [5.41, 5.74) is 8.47. The Morgan fingerprint density at radius 3 is 2.36 bits per heavy atom. The van der Waals surface area contributed by atoms with Crippen molar-refractivity contribution in [2.45, 2.75) is 25.3 Å². The Balaban J connectivity index is 1.66. The zero-order valence-electron chi connectivity index (χ0n) is 18.6. The predicted octanol–water partition coefficient (Wildman–Crippen LogP) is 2.16. The number of esters is 2. The molecule has 0 bridgehead atoms. The Morgan fingerprint density at radius 2 is 1.73 bits per heavy atom. The Labute approximate surface area is 190 Å². The molecule has 4 atom stereocenters. The predicted molar refractivity (Wildman–Crippen MR) is 115 cm³/mol. The van der Waals surface area contributed by atoms with Crippen LogP contribution in [0.3, 0.4) is 0 Å². The summed E-state index contributed by atoms with van der Waals surface area (Å²) in [7, 11) is 2.95. The van der Waals surface area contributed by atoms with Crippen molar-refractivity contribution in [2.75, 3.05) is 27.6 Å². The Hall–Kier alpha value is -3.46. The van der Waals surface area contributed by atoms with E-state index in [-0.39, 0.29) is 36.3 Å². The van der Waals surface area contributed by atoms with Crippen LogP contribution >= 0.6 is 0 Å². The highest BCUT2D eigenvalue weighted by molar-refractivity contribution is 5.80. The molecule has 2 aromatic carbocycles. The molecule has 5 rings (SSSR count). The molecule has 2 aliphatic heterocycles. The molecule has 0 aromatic heterocycles. The van der Waals surface area contributed by atoms with Crippen molar-refractivity contribution in [3.63, 3.8) is 0 Å². The number of hydrogen-bond donors (Lipinski definition) is 1. The summed E-state index contributed by atoms with van der Waals surface area (Å²) in [4.78, 5) is 25.0. The fourth-order valence-electron chi connectivity index (χ4n) is 4.88. The van der Waals surface area contributed by atoms with Gasteiger partial charge in [0, 0.05) is 11.8 Å². The molecule has 1 aliphatic carbocycles. The first-order valence-corrected chi connectivity index (χ1v) is 10.7. The SMILES string of the molecule is COc1cc([C@@H]2c3cc4c(cc3C[C@H]3COC(=O)[C@@H]32)OCO4)cc(OC)c1OC(=O)C(C)N. The molecule has 9 heteroatoms. The van der Waals surface area contributed by atoms with Gasteiger partial charge >= 0.3 is 11.9 Å². The minimum absolute atomic E-state index is 0.0305. The van der Waals surface area contributed by atoms with Gasteiger partial charge in [-0.15, -0.1) is 0 Å². The highest BCUT2D eigenvalue weighted by Crippen LogP contribution is 2.52. The lowest BCUT2D eigenvalue weighted by atomic mass is 9.67. The monoisotopic (exact) mass is 455 g/mol. The van der Waals surface area contributed by atoms with Gasteiger partial charge in [-0.25, -0.2) is 4.79 Å². The summed E-state index contributed by atoms with van der Waals surface area (Å²) in [5, 5.41) is 0. The van der Waals surface area contributed by atoms with Crippen LogP contribution in [0.2, 0.25) is 0 Å². The van der Waals surface area contributed by atoms with Gasteiger partial charge in [-0.1, -0.05) is 0 Å². The third kappa shape index (κ3) is 3.52. The highest BCUT2D eigenvalue weighted by atomic mass is 16.7. The van der Waals surface area contributed by atoms with Gasteiger partial charge in [0.1, 0.15) is 6.04 Å². The number of hydrogen-bond acceptors (Lipinski definition) is 9. The van der Waals surface area contributed by atoms with E-state index in [4.69, 9.17) is 34.2 Å². The number of ether oxygens (including phenoxy) is 6. The molecule has 2 N–H and O–H groups in total. The van der Waals surface area contributed by atoms with Gasteiger partial charge in [-0.05, 0) is 54.3 Å². The van der Waals surface area contributed by atoms with Crippen molar-refractivity contribution in [1.29, 1.82) is 0 Å². The van der Waals surface area contributed by atoms with Gasteiger partial charge < -0.3 is 34.2 Å². The second kappa shape index (κ2) is 8.15. The maximum atomic E-state index is 12.8. The van der Waals surface area contributed by atoms with Crippen molar-refractivity contribution in [1.82, 2.24) is 0 Å². The molecular formula is C24H25NO8. The third-order valence-electron chi connectivity index (χ3n) is 6.45. The molecule has 1 fully saturated rings. The molecule has 2 heterocycles. The molecule has 33 heavy (non-hydrogen) atoms. The summed E-state index contributed by atoms with van der Waals surface area (Å²) in [6, 6.07) is 6.63. The number of nitrogens with two attached hydrogens (primary N) is 1. The minimum Gasteiger partial charge on any atom is -0.493 e. The minimum atomic E-state index is -0.817. The molecule has 0 radical (unpaired) electrons. The standard InChI is InChI=1S/C24H25NO8/c1-11(25)23(26)33-22-18(28-2)6-13(7-19(22)29-3)20-15-8-17-16(31-10-32-17)5-12(15)4-14-9-30-24(27)21(14)20/h5-8,11,14,20-21H,4,9-10,25H2,1-3H3/t11?,14-,20+,21-/m0/s1. The fraction of sp³-hybridized carbons (Fsp3) is 0.417. The molecule has 0 saturated carbocycles. The second-order valence-corrected chi connectivity index (χ2v) is 8.47. The van der Waals surface area contributed by atoms with E-state index >= 15 is 0 Å². The number of methoxy groups -OCH3 is 2. The number of carbonyl (C=O) groups is 2. The largest absolute Gasteiger partial charge is 0.493 e. The second-order valence-electron chi connectivity index (χ2n) is 8.47. The van der Waals surface area contributed by atoms with Crippen LogP contribution in [0.4, 0.5) is 0 Å². The first-order chi connectivity index (χ1) is 15.9. The smallest absolute Gasteiger partial charge is 0.328 e. The number of benzene rings is 2. The van der Waals surface area contributed by atoms with Gasteiger partial charge in [0.05, 0.1) is 26.7 Å². The normalized spacial score (nSPS) is 23.3. The van der Waals surface area contributed by atoms with Crippen LogP contribution in [0.15, 0.2) is 24.3 Å². The van der Waals surface area contributed by atoms with E-state index < -0.39 is 12.0 Å². The molecule has 1 unspecified atom stereocenters. The van der Waals surface area contributed by atoms with Crippen molar-refractivity contribution < 1.29 is 38.0 Å². The molecule has 174 valence electrons. The van der Waals surface area contributed by atoms with Gasteiger partial charge in [0.2, 0.25) is 12.5 Å². The first kappa shape index (κ1) is 21.4. The summed E-state index contributed by atoms with van der Waals surface area (Å²) < 4.78 is 33.2. The lowest BCUT2D eigenvalue weighted by molar-refractivity contribution is -0.141. The number of carbonyl (C=O) groups excluding carboxylic acids is 2. The molecule has 9 nitrogen and oxygen atoms in total. The van der Waals surface area contributed by atoms with E-state index in [1.54, 1.807) is 12.1 Å². The molecule has 0 spiro atoms. The van der Waals surface area contributed by atoms with Crippen LogP contribution in [0, 0.1) is 11.8 Å². The molecule has 2 aromatic rings. The van der Waals surface area contributed by atoms with Gasteiger partial charge in [-0.3, -0.25) is 4.79 Å². The van der Waals surface area contributed by atoms with Gasteiger partial charge in [-0.2, -0.15) is 0 Å². The Morgan fingerprint density at radius 1 is 1.06 bits per heavy atom. The summed E-state index contributed by atoms with van der Waals surface area (Å²) in [5.74, 6) is 0.557. The van der Waals surface area contributed by atoms with E-state index in [1.807, 2.05) is 12.1 Å². The van der Waals surface area contributed by atoms with Crippen LogP contribution in [0.25, 0.3) is 0 Å². The quantitative estimate of drug-likeness (QED) is 0.535. The zero-order chi connectivity index (χ0) is 23.3. The molecule has 0 amide bonds. The zero-order valence-corrected chi connectivity index (χ0v) is 18.6. The van der Waals surface area contributed by atoms with E-state index in [0.29, 0.717) is 36.0 Å². The van der Waals surface area contributed by atoms with Crippen molar-refractivity contribution in [3.8, 4) is 28.7 Å². The van der Waals surface area contributed by atoms with E-state index in [9.17, 15) is 9.59 Å². The topological polar surface area (TPSA) is 116 Å². The van der Waals surface area contributed by atoms with Crippen LogP contribution in [0.1, 0.15) is 29.5 Å². The van der Waals surface area contributed by atoms with E-state index in [2.05, 4.69) is 0 Å². The number of cyclic esters (lactones) is 1. The van der Waals surface area contributed by atoms with Gasteiger partial charge in [0.25, 0.3) is 0 Å². The lowest BCUT2D eigenvalue weighted by Crippen LogP contribution is -2.32. The average molecular weight is 455 g/mol.